The Morgan fingerprint density at radius 1 is 1.23 bits per heavy atom. The number of fused-ring (bicyclic) bond motifs is 2. The predicted molar refractivity (Wildman–Crippen MR) is 127 cm³/mol. The topological polar surface area (TPSA) is 56.1 Å². The van der Waals surface area contributed by atoms with Crippen LogP contribution < -0.4 is 9.08 Å². The first-order valence-electron chi connectivity index (χ1n) is 10.5. The standard InChI is InChI=1S/C21H26BN5OS2/c1-26-11-15(10-23-26)13-5-6-16(18(9-13)28-29)20-24-25-21(30-20)27(2)17-8-12-3-4-14(7-12)19(17)22/h5-6,9-12,14,17,19,29H,3-4,7-8,22H2,1-2H3/t12-,14+,17+,19-/m1/s1. The molecule has 30 heavy (non-hydrogen) atoms. The average Bonchev–Trinajstić information content (AvgIpc) is 3.50. The zero-order valence-corrected chi connectivity index (χ0v) is 19.2. The van der Waals surface area contributed by atoms with E-state index < -0.39 is 0 Å². The van der Waals surface area contributed by atoms with E-state index in [9.17, 15) is 0 Å². The van der Waals surface area contributed by atoms with Crippen LogP contribution in [0.3, 0.4) is 0 Å². The van der Waals surface area contributed by atoms with Gasteiger partial charge in [-0.3, -0.25) is 4.68 Å². The van der Waals surface area contributed by atoms with E-state index in [1.165, 1.54) is 25.7 Å². The van der Waals surface area contributed by atoms with Gasteiger partial charge in [-0.25, -0.2) is 0 Å². The lowest BCUT2D eigenvalue weighted by Crippen LogP contribution is -2.41. The first-order valence-corrected chi connectivity index (χ1v) is 11.7. The molecule has 0 unspecified atom stereocenters. The van der Waals surface area contributed by atoms with E-state index in [-0.39, 0.29) is 0 Å². The minimum absolute atomic E-state index is 0.547. The normalized spacial score (nSPS) is 25.4. The summed E-state index contributed by atoms with van der Waals surface area (Å²) < 4.78 is 7.19. The Bertz CT molecular complexity index is 1050. The summed E-state index contributed by atoms with van der Waals surface area (Å²) in [7, 11) is 6.50. The van der Waals surface area contributed by atoms with Crippen molar-refractivity contribution < 1.29 is 4.18 Å². The summed E-state index contributed by atoms with van der Waals surface area (Å²) in [6.45, 7) is 0. The molecule has 2 aliphatic carbocycles. The van der Waals surface area contributed by atoms with E-state index in [1.807, 2.05) is 31.6 Å². The highest BCUT2D eigenvalue weighted by molar-refractivity contribution is 7.75. The zero-order chi connectivity index (χ0) is 20.8. The van der Waals surface area contributed by atoms with E-state index in [0.29, 0.717) is 17.6 Å². The smallest absolute Gasteiger partial charge is 0.208 e. The van der Waals surface area contributed by atoms with Gasteiger partial charge in [0, 0.05) is 44.8 Å². The Morgan fingerprint density at radius 2 is 2.10 bits per heavy atom. The van der Waals surface area contributed by atoms with Crippen molar-refractivity contribution in [1.82, 2.24) is 20.0 Å². The lowest BCUT2D eigenvalue weighted by Gasteiger charge is -2.40. The monoisotopic (exact) mass is 439 g/mol. The van der Waals surface area contributed by atoms with Crippen molar-refractivity contribution in [2.45, 2.75) is 37.5 Å². The summed E-state index contributed by atoms with van der Waals surface area (Å²) in [5.41, 5.74) is 2.98. The van der Waals surface area contributed by atoms with Crippen molar-refractivity contribution in [2.24, 2.45) is 18.9 Å². The van der Waals surface area contributed by atoms with Gasteiger partial charge in [-0.05, 0) is 48.2 Å². The second-order valence-corrected chi connectivity index (χ2v) is 9.95. The Hall–Kier alpha value is -2.00. The molecule has 5 rings (SSSR count). The van der Waals surface area contributed by atoms with Crippen molar-refractivity contribution in [1.29, 1.82) is 0 Å². The van der Waals surface area contributed by atoms with Crippen LogP contribution in [0.4, 0.5) is 5.13 Å². The molecule has 156 valence electrons. The SMILES string of the molecule is B[C@@H]1[C@H]2CC[C@H](C2)C[C@@H]1N(C)c1nnc(-c2ccc(-c3cnn(C)c3)cc2OS)s1. The highest BCUT2D eigenvalue weighted by Gasteiger charge is 2.41. The molecule has 2 fully saturated rings. The number of hydrogen-bond donors (Lipinski definition) is 1. The van der Waals surface area contributed by atoms with E-state index >= 15 is 0 Å². The van der Waals surface area contributed by atoms with Crippen LogP contribution in [0.15, 0.2) is 30.6 Å². The Balaban J connectivity index is 1.41. The fourth-order valence-corrected chi connectivity index (χ4v) is 6.36. The maximum Gasteiger partial charge on any atom is 0.208 e. The van der Waals surface area contributed by atoms with Gasteiger partial charge in [0.15, 0.2) is 5.01 Å². The van der Waals surface area contributed by atoms with Gasteiger partial charge >= 0.3 is 0 Å². The van der Waals surface area contributed by atoms with Crippen molar-refractivity contribution in [3.63, 3.8) is 0 Å². The molecule has 2 saturated carbocycles. The molecular formula is C21H26BN5OS2. The van der Waals surface area contributed by atoms with Crippen LogP contribution in [-0.2, 0) is 7.05 Å². The fraction of sp³-hybridized carbons (Fsp3) is 0.476. The van der Waals surface area contributed by atoms with E-state index in [2.05, 4.69) is 54.1 Å². The quantitative estimate of drug-likeness (QED) is 0.372. The van der Waals surface area contributed by atoms with Crippen LogP contribution in [0.2, 0.25) is 5.82 Å². The van der Waals surface area contributed by atoms with Crippen molar-refractivity contribution in [3.05, 3.63) is 30.6 Å². The van der Waals surface area contributed by atoms with E-state index in [1.54, 1.807) is 16.0 Å². The summed E-state index contributed by atoms with van der Waals surface area (Å²) in [4.78, 5) is 2.36. The van der Waals surface area contributed by atoms with Crippen molar-refractivity contribution in [2.75, 3.05) is 11.9 Å². The van der Waals surface area contributed by atoms with Crippen LogP contribution in [-0.4, -0.2) is 40.9 Å². The highest BCUT2D eigenvalue weighted by Crippen LogP contribution is 2.49. The van der Waals surface area contributed by atoms with Gasteiger partial charge in [0.2, 0.25) is 5.13 Å². The molecule has 4 atom stereocenters. The first kappa shape index (κ1) is 19.9. The van der Waals surface area contributed by atoms with Gasteiger partial charge in [-0.15, -0.1) is 10.2 Å². The molecular weight excluding hydrogens is 413 g/mol. The number of thiol groups is 1. The molecule has 0 amide bonds. The van der Waals surface area contributed by atoms with Crippen LogP contribution in [0, 0.1) is 11.8 Å². The maximum atomic E-state index is 5.40. The third kappa shape index (κ3) is 3.52. The van der Waals surface area contributed by atoms with Gasteiger partial charge in [0.1, 0.15) is 13.6 Å². The molecule has 2 heterocycles. The Labute approximate surface area is 187 Å². The van der Waals surface area contributed by atoms with Gasteiger partial charge in [-0.2, -0.15) is 5.10 Å². The zero-order valence-electron chi connectivity index (χ0n) is 17.5. The number of aryl methyl sites for hydroxylation is 1. The van der Waals surface area contributed by atoms with E-state index in [0.717, 1.165) is 38.7 Å². The summed E-state index contributed by atoms with van der Waals surface area (Å²) in [6, 6.07) is 6.62. The molecule has 0 N–H and O–H groups in total. The Morgan fingerprint density at radius 3 is 2.87 bits per heavy atom. The lowest BCUT2D eigenvalue weighted by molar-refractivity contribution is 0.314. The molecule has 2 aromatic heterocycles. The van der Waals surface area contributed by atoms with Crippen LogP contribution in [0.25, 0.3) is 21.7 Å². The van der Waals surface area contributed by atoms with Gasteiger partial charge < -0.3 is 9.08 Å². The molecule has 0 saturated heterocycles. The third-order valence-electron chi connectivity index (χ3n) is 7.07. The molecule has 6 nitrogen and oxygen atoms in total. The molecule has 9 heteroatoms. The van der Waals surface area contributed by atoms with Gasteiger partial charge in [0.05, 0.1) is 11.8 Å². The van der Waals surface area contributed by atoms with Crippen LogP contribution >= 0.6 is 24.2 Å². The maximum absolute atomic E-state index is 5.40. The molecule has 2 aliphatic rings. The first-order chi connectivity index (χ1) is 14.5. The summed E-state index contributed by atoms with van der Waals surface area (Å²) >= 11 is 5.71. The highest BCUT2D eigenvalue weighted by atomic mass is 32.1. The summed E-state index contributed by atoms with van der Waals surface area (Å²) in [6.07, 6.45) is 9.30. The largest absolute Gasteiger partial charge is 0.428 e. The minimum Gasteiger partial charge on any atom is -0.428 e. The van der Waals surface area contributed by atoms with Gasteiger partial charge in [-0.1, -0.05) is 30.2 Å². The third-order valence-corrected chi connectivity index (χ3v) is 8.31. The van der Waals surface area contributed by atoms with Crippen LogP contribution in [0.1, 0.15) is 25.7 Å². The lowest BCUT2D eigenvalue weighted by atomic mass is 9.65. The van der Waals surface area contributed by atoms with Crippen molar-refractivity contribution >= 4 is 37.2 Å². The second kappa shape index (κ2) is 7.92. The number of nitrogens with zero attached hydrogens (tertiary/aromatic N) is 5. The van der Waals surface area contributed by atoms with Crippen LogP contribution in [0.5, 0.6) is 5.75 Å². The number of hydrogen-bond acceptors (Lipinski definition) is 7. The number of anilines is 1. The van der Waals surface area contributed by atoms with Gasteiger partial charge in [0.25, 0.3) is 0 Å². The second-order valence-electron chi connectivity index (χ2n) is 8.81. The fourth-order valence-electron chi connectivity index (χ4n) is 5.32. The number of rotatable bonds is 5. The molecule has 1 aromatic carbocycles. The molecule has 3 aromatic rings. The summed E-state index contributed by atoms with van der Waals surface area (Å²) in [5.74, 6) is 3.13. The van der Waals surface area contributed by atoms with Crippen molar-refractivity contribution in [3.8, 4) is 27.4 Å². The minimum atomic E-state index is 0.547. The molecule has 0 aliphatic heterocycles. The summed E-state index contributed by atoms with van der Waals surface area (Å²) in [5, 5.41) is 15.1. The number of aromatic nitrogens is 4. The molecule has 0 radical (unpaired) electrons. The average molecular weight is 439 g/mol. The molecule has 0 spiro atoms. The number of benzene rings is 1. The van der Waals surface area contributed by atoms with E-state index in [4.69, 9.17) is 4.18 Å². The predicted octanol–water partition coefficient (Wildman–Crippen LogP) is 3.88. The Kier molecular flexibility index (Phi) is 5.27. The molecule has 2 bridgehead atoms.